The lowest BCUT2D eigenvalue weighted by Gasteiger charge is -2.08. The first-order valence-electron chi connectivity index (χ1n) is 8.45. The van der Waals surface area contributed by atoms with Crippen LogP contribution in [0.25, 0.3) is 0 Å². The van der Waals surface area contributed by atoms with Gasteiger partial charge in [-0.2, -0.15) is 4.98 Å². The molecule has 0 spiro atoms. The highest BCUT2D eigenvalue weighted by Gasteiger charge is 2.12. The van der Waals surface area contributed by atoms with Crippen molar-refractivity contribution in [2.75, 3.05) is 5.32 Å². The van der Waals surface area contributed by atoms with Gasteiger partial charge in [-0.25, -0.2) is 9.97 Å². The van der Waals surface area contributed by atoms with Crippen molar-refractivity contribution in [1.29, 1.82) is 0 Å². The van der Waals surface area contributed by atoms with Crippen molar-refractivity contribution in [2.45, 2.75) is 40.0 Å². The molecule has 0 unspecified atom stereocenters. The molecule has 0 aliphatic carbocycles. The fraction of sp³-hybridized carbons (Fsp3) is 0.316. The second-order valence-electron chi connectivity index (χ2n) is 6.45. The number of rotatable bonds is 5. The maximum atomic E-state index is 12.4. The van der Waals surface area contributed by atoms with Crippen LogP contribution in [-0.4, -0.2) is 26.0 Å². The van der Waals surface area contributed by atoms with Crippen LogP contribution in [0.1, 0.15) is 58.9 Å². The normalized spacial score (nSPS) is 11.0. The first-order valence-corrected chi connectivity index (χ1v) is 8.45. The lowest BCUT2D eigenvalue weighted by atomic mass is 10.1. The molecule has 0 fully saturated rings. The fourth-order valence-corrected chi connectivity index (χ4v) is 2.47. The first-order chi connectivity index (χ1) is 12.4. The zero-order valence-corrected chi connectivity index (χ0v) is 15.3. The third-order valence-electron chi connectivity index (χ3n) is 3.90. The zero-order valence-electron chi connectivity index (χ0n) is 15.3. The van der Waals surface area contributed by atoms with Gasteiger partial charge in [-0.15, -0.1) is 0 Å². The molecule has 0 saturated heterocycles. The van der Waals surface area contributed by atoms with Gasteiger partial charge in [-0.05, 0) is 31.5 Å². The Kier molecular flexibility index (Phi) is 5.06. The molecular formula is C19H21N5O2. The Hall–Kier alpha value is -3.09. The summed E-state index contributed by atoms with van der Waals surface area (Å²) >= 11 is 0. The van der Waals surface area contributed by atoms with Gasteiger partial charge in [0.25, 0.3) is 5.91 Å². The molecule has 0 aliphatic heterocycles. The molecule has 1 aromatic carbocycles. The highest BCUT2D eigenvalue weighted by atomic mass is 16.5. The largest absolute Gasteiger partial charge is 0.339 e. The van der Waals surface area contributed by atoms with Crippen LogP contribution in [-0.2, 0) is 6.42 Å². The highest BCUT2D eigenvalue weighted by molar-refractivity contribution is 6.04. The predicted molar refractivity (Wildman–Crippen MR) is 97.1 cm³/mol. The van der Waals surface area contributed by atoms with Gasteiger partial charge in [0.1, 0.15) is 5.82 Å². The Labute approximate surface area is 151 Å². The van der Waals surface area contributed by atoms with Gasteiger partial charge < -0.3 is 9.84 Å². The molecule has 0 atom stereocenters. The molecule has 2 aromatic heterocycles. The van der Waals surface area contributed by atoms with Gasteiger partial charge in [0.05, 0.1) is 11.3 Å². The molecule has 3 rings (SSSR count). The van der Waals surface area contributed by atoms with E-state index in [-0.39, 0.29) is 11.8 Å². The number of anilines is 1. The van der Waals surface area contributed by atoms with Crippen LogP contribution in [0.3, 0.4) is 0 Å². The Morgan fingerprint density at radius 3 is 2.50 bits per heavy atom. The Morgan fingerprint density at radius 1 is 1.15 bits per heavy atom. The lowest BCUT2D eigenvalue weighted by molar-refractivity contribution is 0.102. The third kappa shape index (κ3) is 4.11. The molecule has 1 N–H and O–H groups in total. The van der Waals surface area contributed by atoms with Crippen molar-refractivity contribution in [1.82, 2.24) is 20.1 Å². The van der Waals surface area contributed by atoms with Gasteiger partial charge >= 0.3 is 0 Å². The van der Waals surface area contributed by atoms with Crippen LogP contribution in [0.4, 0.5) is 5.69 Å². The molecule has 2 heterocycles. The average molecular weight is 351 g/mol. The summed E-state index contributed by atoms with van der Waals surface area (Å²) in [6.45, 7) is 7.61. The zero-order chi connectivity index (χ0) is 18.7. The quantitative estimate of drug-likeness (QED) is 0.757. The van der Waals surface area contributed by atoms with E-state index >= 15 is 0 Å². The topological polar surface area (TPSA) is 93.8 Å². The van der Waals surface area contributed by atoms with E-state index in [9.17, 15) is 4.79 Å². The van der Waals surface area contributed by atoms with Crippen LogP contribution in [0.5, 0.6) is 0 Å². The summed E-state index contributed by atoms with van der Waals surface area (Å²) in [6, 6.07) is 7.56. The molecule has 1 amide bonds. The lowest BCUT2D eigenvalue weighted by Crippen LogP contribution is -2.15. The average Bonchev–Trinajstić information content (AvgIpc) is 3.05. The van der Waals surface area contributed by atoms with Crippen molar-refractivity contribution in [3.05, 3.63) is 64.8 Å². The SMILES string of the molecule is Cc1ncc(C(=O)Nc2ccc(Cc3noc(C(C)C)n3)cc2)c(C)n1. The van der Waals surface area contributed by atoms with Gasteiger partial charge in [0.15, 0.2) is 5.82 Å². The van der Waals surface area contributed by atoms with E-state index in [0.717, 1.165) is 5.56 Å². The number of carbonyl (C=O) groups excluding carboxylic acids is 1. The van der Waals surface area contributed by atoms with E-state index in [4.69, 9.17) is 4.52 Å². The molecule has 26 heavy (non-hydrogen) atoms. The van der Waals surface area contributed by atoms with Crippen molar-refractivity contribution in [3.63, 3.8) is 0 Å². The number of aromatic nitrogens is 4. The molecule has 0 bridgehead atoms. The van der Waals surface area contributed by atoms with Gasteiger partial charge in [0.2, 0.25) is 5.89 Å². The molecular weight excluding hydrogens is 330 g/mol. The van der Waals surface area contributed by atoms with Crippen LogP contribution in [0.2, 0.25) is 0 Å². The number of nitrogens with zero attached hydrogens (tertiary/aromatic N) is 4. The van der Waals surface area contributed by atoms with Crippen molar-refractivity contribution in [2.24, 2.45) is 0 Å². The monoisotopic (exact) mass is 351 g/mol. The Balaban J connectivity index is 1.66. The Morgan fingerprint density at radius 2 is 1.88 bits per heavy atom. The molecule has 0 aliphatic rings. The minimum absolute atomic E-state index is 0.211. The van der Waals surface area contributed by atoms with Gasteiger partial charge in [-0.3, -0.25) is 4.79 Å². The molecule has 7 nitrogen and oxygen atoms in total. The second-order valence-corrected chi connectivity index (χ2v) is 6.45. The van der Waals surface area contributed by atoms with E-state index in [2.05, 4.69) is 25.4 Å². The van der Waals surface area contributed by atoms with Crippen molar-refractivity contribution >= 4 is 11.6 Å². The maximum Gasteiger partial charge on any atom is 0.259 e. The summed E-state index contributed by atoms with van der Waals surface area (Å²) in [5.74, 6) is 1.92. The second kappa shape index (κ2) is 7.43. The van der Waals surface area contributed by atoms with E-state index in [1.807, 2.05) is 38.1 Å². The van der Waals surface area contributed by atoms with Crippen molar-refractivity contribution < 1.29 is 9.32 Å². The number of hydrogen-bond acceptors (Lipinski definition) is 6. The number of amides is 1. The van der Waals surface area contributed by atoms with E-state index in [1.54, 1.807) is 20.0 Å². The van der Waals surface area contributed by atoms with E-state index < -0.39 is 0 Å². The molecule has 0 saturated carbocycles. The molecule has 134 valence electrons. The summed E-state index contributed by atoms with van der Waals surface area (Å²) in [4.78, 5) is 25.0. The van der Waals surface area contributed by atoms with Crippen LogP contribution < -0.4 is 5.32 Å². The molecule has 3 aromatic rings. The third-order valence-corrected chi connectivity index (χ3v) is 3.90. The predicted octanol–water partition coefficient (Wildman–Crippen LogP) is 3.44. The maximum absolute atomic E-state index is 12.4. The summed E-state index contributed by atoms with van der Waals surface area (Å²) in [5.41, 5.74) is 2.86. The van der Waals surface area contributed by atoms with Crippen LogP contribution in [0, 0.1) is 13.8 Å². The first kappa shape index (κ1) is 17.7. The van der Waals surface area contributed by atoms with E-state index in [0.29, 0.717) is 40.9 Å². The summed E-state index contributed by atoms with van der Waals surface area (Å²) in [5, 5.41) is 6.85. The Bertz CT molecular complexity index is 916. The molecule has 0 radical (unpaired) electrons. The molecule has 7 heteroatoms. The number of aryl methyl sites for hydroxylation is 2. The van der Waals surface area contributed by atoms with Gasteiger partial charge in [-0.1, -0.05) is 31.1 Å². The minimum Gasteiger partial charge on any atom is -0.339 e. The number of benzene rings is 1. The number of hydrogen-bond donors (Lipinski definition) is 1. The fourth-order valence-electron chi connectivity index (χ4n) is 2.47. The van der Waals surface area contributed by atoms with E-state index in [1.165, 1.54) is 0 Å². The highest BCUT2D eigenvalue weighted by Crippen LogP contribution is 2.16. The summed E-state index contributed by atoms with van der Waals surface area (Å²) in [6.07, 6.45) is 2.12. The van der Waals surface area contributed by atoms with Crippen LogP contribution in [0.15, 0.2) is 35.0 Å². The smallest absolute Gasteiger partial charge is 0.259 e. The van der Waals surface area contributed by atoms with Crippen molar-refractivity contribution in [3.8, 4) is 0 Å². The number of nitrogens with one attached hydrogen (secondary N) is 1. The number of carbonyl (C=O) groups is 1. The minimum atomic E-state index is -0.227. The van der Waals surface area contributed by atoms with Gasteiger partial charge in [0, 0.05) is 24.2 Å². The van der Waals surface area contributed by atoms with Crippen LogP contribution >= 0.6 is 0 Å². The summed E-state index contributed by atoms with van der Waals surface area (Å²) < 4.78 is 5.21. The summed E-state index contributed by atoms with van der Waals surface area (Å²) in [7, 11) is 0. The standard InChI is InChI=1S/C19H21N5O2/c1-11(2)19-23-17(24-26-19)9-14-5-7-15(8-6-14)22-18(25)16-10-20-13(4)21-12(16)3/h5-8,10-11H,9H2,1-4H3,(H,22,25).